The topological polar surface area (TPSA) is 0 Å². The molecule has 0 unspecified atom stereocenters. The predicted molar refractivity (Wildman–Crippen MR) is 88.5 cm³/mol. The first kappa shape index (κ1) is 17.8. The van der Waals surface area contributed by atoms with Gasteiger partial charge in [0.1, 0.15) is 0 Å². The van der Waals surface area contributed by atoms with E-state index in [0.29, 0.717) is 0 Å². The zero-order valence-electron chi connectivity index (χ0n) is 13.1. The summed E-state index contributed by atoms with van der Waals surface area (Å²) in [7, 11) is 0. The van der Waals surface area contributed by atoms with Crippen LogP contribution in [-0.2, 0) is 0 Å². The fourth-order valence-electron chi connectivity index (χ4n) is 1.97. The van der Waals surface area contributed by atoms with Crippen molar-refractivity contribution in [2.24, 2.45) is 10.8 Å². The Morgan fingerprint density at radius 1 is 0.944 bits per heavy atom. The lowest BCUT2D eigenvalue weighted by molar-refractivity contribution is 0.137. The molecule has 0 aliphatic carbocycles. The third-order valence-electron chi connectivity index (χ3n) is 4.30. The molecule has 0 aliphatic heterocycles. The van der Waals surface area contributed by atoms with E-state index >= 15 is 0 Å². The van der Waals surface area contributed by atoms with Gasteiger partial charge >= 0.3 is 0 Å². The molecule has 0 nitrogen and oxygen atoms in total. The molecule has 0 N–H and O–H groups in total. The van der Waals surface area contributed by atoms with Crippen molar-refractivity contribution in [3.8, 4) is 0 Å². The maximum atomic E-state index is 4.49. The molecule has 18 heavy (non-hydrogen) atoms. The average Bonchev–Trinajstić information content (AvgIpc) is 2.23. The maximum Gasteiger partial charge on any atom is -0.00412 e. The van der Waals surface area contributed by atoms with E-state index in [-0.39, 0.29) is 10.8 Å². The van der Waals surface area contributed by atoms with Crippen LogP contribution in [0.2, 0.25) is 0 Å². The van der Waals surface area contributed by atoms with Crippen molar-refractivity contribution < 1.29 is 0 Å². The minimum atomic E-state index is 0.247. The van der Waals surface area contributed by atoms with Gasteiger partial charge in [0.25, 0.3) is 0 Å². The van der Waals surface area contributed by atoms with E-state index in [2.05, 4.69) is 60.4 Å². The molecule has 0 aliphatic rings. The molecule has 0 radical (unpaired) electrons. The van der Waals surface area contributed by atoms with Gasteiger partial charge < -0.3 is 0 Å². The Kier molecular flexibility index (Phi) is 7.36. The highest BCUT2D eigenvalue weighted by atomic mass is 32.1. The first-order valence-electron chi connectivity index (χ1n) is 7.04. The van der Waals surface area contributed by atoms with Gasteiger partial charge in [-0.1, -0.05) is 45.4 Å². The second-order valence-electron chi connectivity index (χ2n) is 7.02. The highest BCUT2D eigenvalue weighted by Crippen LogP contribution is 2.44. The molecule has 0 saturated carbocycles. The molecule has 0 rings (SSSR count). The van der Waals surface area contributed by atoms with Crippen molar-refractivity contribution in [1.29, 1.82) is 0 Å². The molecule has 0 heterocycles. The van der Waals surface area contributed by atoms with Crippen LogP contribution in [0.25, 0.3) is 0 Å². The minimum absolute atomic E-state index is 0.247. The molecule has 0 amide bonds. The lowest BCUT2D eigenvalue weighted by Crippen LogP contribution is -2.34. The molecule has 0 atom stereocenters. The molecule has 0 spiro atoms. The van der Waals surface area contributed by atoms with Crippen molar-refractivity contribution in [2.45, 2.75) is 66.7 Å². The van der Waals surface area contributed by atoms with Gasteiger partial charge in [-0.3, -0.25) is 0 Å². The van der Waals surface area contributed by atoms with Crippen molar-refractivity contribution >= 4 is 12.6 Å². The Bertz CT molecular complexity index is 284. The number of rotatable bonds is 9. The number of thiol groups is 1. The minimum Gasteiger partial charge on any atom is -0.179 e. The van der Waals surface area contributed by atoms with Gasteiger partial charge in [0.05, 0.1) is 0 Å². The Morgan fingerprint density at radius 3 is 1.89 bits per heavy atom. The van der Waals surface area contributed by atoms with Gasteiger partial charge in [-0.25, -0.2) is 0 Å². The number of unbranched alkanes of at least 4 members (excludes halogenated alkanes) is 1. The van der Waals surface area contributed by atoms with Crippen LogP contribution in [0.15, 0.2) is 24.3 Å². The van der Waals surface area contributed by atoms with E-state index < -0.39 is 0 Å². The van der Waals surface area contributed by atoms with Crippen LogP contribution in [0, 0.1) is 10.8 Å². The largest absolute Gasteiger partial charge is 0.179 e. The first-order valence-corrected chi connectivity index (χ1v) is 7.67. The number of hydrogen-bond donors (Lipinski definition) is 1. The van der Waals surface area contributed by atoms with Crippen molar-refractivity contribution in [2.75, 3.05) is 5.75 Å². The van der Waals surface area contributed by atoms with E-state index in [1.54, 1.807) is 0 Å². The molecule has 0 saturated heterocycles. The van der Waals surface area contributed by atoms with E-state index in [0.717, 1.165) is 25.0 Å². The van der Waals surface area contributed by atoms with E-state index in [1.165, 1.54) is 24.0 Å². The monoisotopic (exact) mass is 268 g/mol. The summed E-state index contributed by atoms with van der Waals surface area (Å²) < 4.78 is 0. The zero-order chi connectivity index (χ0) is 14.4. The first-order chi connectivity index (χ1) is 8.12. The SMILES string of the molecule is C=C(C)CCCCC(=C)CC(C)(C)C(C)(C)CS. The Balaban J connectivity index is 4.12. The lowest BCUT2D eigenvalue weighted by Gasteiger charge is -2.41. The van der Waals surface area contributed by atoms with Gasteiger partial charge in [-0.2, -0.15) is 12.6 Å². The number of hydrogen-bond acceptors (Lipinski definition) is 1. The summed E-state index contributed by atoms with van der Waals surface area (Å²) >= 11 is 4.49. The van der Waals surface area contributed by atoms with Crippen LogP contribution >= 0.6 is 12.6 Å². The molecule has 106 valence electrons. The molecule has 0 bridgehead atoms. The summed E-state index contributed by atoms with van der Waals surface area (Å²) in [5, 5.41) is 0. The van der Waals surface area contributed by atoms with Gasteiger partial charge in [0, 0.05) is 0 Å². The van der Waals surface area contributed by atoms with Crippen LogP contribution in [0.5, 0.6) is 0 Å². The lowest BCUT2D eigenvalue weighted by atomic mass is 9.66. The summed E-state index contributed by atoms with van der Waals surface area (Å²) in [6.07, 6.45) is 5.89. The maximum absolute atomic E-state index is 4.49. The third kappa shape index (κ3) is 6.13. The van der Waals surface area contributed by atoms with Crippen LogP contribution in [0.4, 0.5) is 0 Å². The standard InChI is InChI=1S/C17H32S/c1-14(2)10-8-9-11-15(3)12-16(4,5)17(6,7)13-18/h18H,1,3,8-13H2,2,4-7H3. The molecular formula is C17H32S. The quantitative estimate of drug-likeness (QED) is 0.294. The van der Waals surface area contributed by atoms with Gasteiger partial charge in [0.15, 0.2) is 0 Å². The molecule has 0 aromatic rings. The predicted octanol–water partition coefficient (Wildman–Crippen LogP) is 6.05. The molecule has 1 heteroatoms. The fourth-order valence-corrected chi connectivity index (χ4v) is 2.40. The summed E-state index contributed by atoms with van der Waals surface area (Å²) in [5.41, 5.74) is 3.19. The summed E-state index contributed by atoms with van der Waals surface area (Å²) in [5.74, 6) is 0.920. The molecular weight excluding hydrogens is 236 g/mol. The van der Waals surface area contributed by atoms with Crippen molar-refractivity contribution in [3.63, 3.8) is 0 Å². The molecule has 0 aromatic carbocycles. The Labute approximate surface area is 120 Å². The Morgan fingerprint density at radius 2 is 1.44 bits per heavy atom. The second-order valence-corrected chi connectivity index (χ2v) is 7.33. The summed E-state index contributed by atoms with van der Waals surface area (Å²) in [6.45, 7) is 19.6. The van der Waals surface area contributed by atoms with Crippen LogP contribution < -0.4 is 0 Å². The highest BCUT2D eigenvalue weighted by molar-refractivity contribution is 7.80. The van der Waals surface area contributed by atoms with Crippen molar-refractivity contribution in [1.82, 2.24) is 0 Å². The van der Waals surface area contributed by atoms with Crippen LogP contribution in [0.1, 0.15) is 66.7 Å². The molecule has 0 fully saturated rings. The summed E-state index contributed by atoms with van der Waals surface area (Å²) in [6, 6.07) is 0. The summed E-state index contributed by atoms with van der Waals surface area (Å²) in [4.78, 5) is 0. The zero-order valence-corrected chi connectivity index (χ0v) is 14.0. The third-order valence-corrected chi connectivity index (χ3v) is 5.09. The van der Waals surface area contributed by atoms with E-state index in [1.807, 2.05) is 0 Å². The molecule has 0 aromatic heterocycles. The average molecular weight is 269 g/mol. The fraction of sp³-hybridized carbons (Fsp3) is 0.765. The van der Waals surface area contributed by atoms with Crippen LogP contribution in [-0.4, -0.2) is 5.75 Å². The second kappa shape index (κ2) is 7.43. The number of allylic oxidation sites excluding steroid dienone is 2. The van der Waals surface area contributed by atoms with Crippen LogP contribution in [0.3, 0.4) is 0 Å². The van der Waals surface area contributed by atoms with E-state index in [4.69, 9.17) is 0 Å². The normalized spacial score (nSPS) is 12.6. The highest BCUT2D eigenvalue weighted by Gasteiger charge is 2.35. The van der Waals surface area contributed by atoms with Gasteiger partial charge in [-0.15, -0.1) is 6.58 Å². The van der Waals surface area contributed by atoms with Crippen molar-refractivity contribution in [3.05, 3.63) is 24.3 Å². The van der Waals surface area contributed by atoms with Gasteiger partial charge in [0.2, 0.25) is 0 Å². The van der Waals surface area contributed by atoms with Gasteiger partial charge in [-0.05, 0) is 55.6 Å². The smallest absolute Gasteiger partial charge is 0.00412 e. The van der Waals surface area contributed by atoms with E-state index in [9.17, 15) is 0 Å². The Hall–Kier alpha value is -0.170.